The van der Waals surface area contributed by atoms with E-state index in [9.17, 15) is 0 Å². The van der Waals surface area contributed by atoms with E-state index in [0.29, 0.717) is 0 Å². The number of rotatable bonds is 5. The molecule has 0 saturated carbocycles. The van der Waals surface area contributed by atoms with Gasteiger partial charge in [-0.3, -0.25) is 4.90 Å². The van der Waals surface area contributed by atoms with Crippen molar-refractivity contribution in [1.82, 2.24) is 9.80 Å². The molecule has 2 heteroatoms. The van der Waals surface area contributed by atoms with Gasteiger partial charge in [0.2, 0.25) is 0 Å². The lowest BCUT2D eigenvalue weighted by Crippen LogP contribution is -2.34. The zero-order valence-electron chi connectivity index (χ0n) is 15.0. The van der Waals surface area contributed by atoms with Gasteiger partial charge in [0.15, 0.2) is 0 Å². The standard InChI is InChI=1S/C18H26N2.C2H6/c1-5-15-9-8-10-16-13-20(12-11-18(15)16)14-17(6-2)19(4)7-3;1-2/h6-10H,3,5,11-14H2,1-2,4H3;1-2H3/b17-6-;. The maximum Gasteiger partial charge on any atom is 0.0387 e. The van der Waals surface area contributed by atoms with Gasteiger partial charge in [-0.2, -0.15) is 0 Å². The van der Waals surface area contributed by atoms with Crippen molar-refractivity contribution in [3.8, 4) is 0 Å². The van der Waals surface area contributed by atoms with E-state index in [1.807, 2.05) is 20.0 Å². The predicted molar refractivity (Wildman–Crippen MR) is 97.9 cm³/mol. The summed E-state index contributed by atoms with van der Waals surface area (Å²) in [6.45, 7) is 15.4. The highest BCUT2D eigenvalue weighted by Gasteiger charge is 2.19. The monoisotopic (exact) mass is 300 g/mol. The van der Waals surface area contributed by atoms with Crippen molar-refractivity contribution in [1.29, 1.82) is 0 Å². The smallest absolute Gasteiger partial charge is 0.0387 e. The van der Waals surface area contributed by atoms with Gasteiger partial charge in [-0.15, -0.1) is 0 Å². The first-order chi connectivity index (χ1) is 10.7. The Morgan fingerprint density at radius 1 is 1.36 bits per heavy atom. The fourth-order valence-corrected chi connectivity index (χ4v) is 2.97. The fraction of sp³-hybridized carbons (Fsp3) is 0.500. The zero-order chi connectivity index (χ0) is 16.5. The fourth-order valence-electron chi connectivity index (χ4n) is 2.97. The normalized spacial score (nSPS) is 14.7. The van der Waals surface area contributed by atoms with Gasteiger partial charge in [0.1, 0.15) is 0 Å². The second-order valence-corrected chi connectivity index (χ2v) is 5.44. The van der Waals surface area contributed by atoms with E-state index in [1.54, 1.807) is 5.56 Å². The molecule has 0 aliphatic carbocycles. The van der Waals surface area contributed by atoms with Crippen molar-refractivity contribution < 1.29 is 0 Å². The molecule has 22 heavy (non-hydrogen) atoms. The molecule has 0 unspecified atom stereocenters. The number of fused-ring (bicyclic) bond motifs is 1. The third kappa shape index (κ3) is 4.48. The third-order valence-corrected chi connectivity index (χ3v) is 4.27. The van der Waals surface area contributed by atoms with E-state index < -0.39 is 0 Å². The molecule has 0 spiro atoms. The van der Waals surface area contributed by atoms with Crippen LogP contribution in [0.25, 0.3) is 0 Å². The topological polar surface area (TPSA) is 6.48 Å². The number of hydrogen-bond acceptors (Lipinski definition) is 2. The first kappa shape index (κ1) is 18.5. The van der Waals surface area contributed by atoms with Crippen LogP contribution < -0.4 is 0 Å². The van der Waals surface area contributed by atoms with Crippen LogP contribution in [0.1, 0.15) is 44.4 Å². The summed E-state index contributed by atoms with van der Waals surface area (Å²) >= 11 is 0. The summed E-state index contributed by atoms with van der Waals surface area (Å²) in [5, 5.41) is 0. The summed E-state index contributed by atoms with van der Waals surface area (Å²) in [6.07, 6.45) is 6.37. The van der Waals surface area contributed by atoms with Gasteiger partial charge in [0.05, 0.1) is 0 Å². The summed E-state index contributed by atoms with van der Waals surface area (Å²) in [7, 11) is 2.06. The molecule has 0 saturated heterocycles. The quantitative estimate of drug-likeness (QED) is 0.783. The zero-order valence-corrected chi connectivity index (χ0v) is 15.0. The van der Waals surface area contributed by atoms with Crippen LogP contribution in [0.2, 0.25) is 0 Å². The molecule has 1 aromatic carbocycles. The van der Waals surface area contributed by atoms with E-state index in [0.717, 1.165) is 26.1 Å². The Hall–Kier alpha value is -1.54. The Balaban J connectivity index is 0.00000116. The molecule has 1 aliphatic heterocycles. The predicted octanol–water partition coefficient (Wildman–Crippen LogP) is 4.61. The van der Waals surface area contributed by atoms with Crippen LogP contribution in [0.4, 0.5) is 0 Å². The van der Waals surface area contributed by atoms with Crippen molar-refractivity contribution in [2.45, 2.75) is 47.1 Å². The second-order valence-electron chi connectivity index (χ2n) is 5.44. The highest BCUT2D eigenvalue weighted by molar-refractivity contribution is 5.37. The molecule has 0 bridgehead atoms. The number of likely N-dealkylation sites (N-methyl/N-ethyl adjacent to an activating group) is 1. The maximum atomic E-state index is 3.85. The molecule has 2 rings (SSSR count). The van der Waals surface area contributed by atoms with Crippen molar-refractivity contribution in [2.24, 2.45) is 0 Å². The molecule has 0 atom stereocenters. The summed E-state index contributed by atoms with van der Waals surface area (Å²) in [6, 6.07) is 6.76. The van der Waals surface area contributed by atoms with Crippen LogP contribution in [0.3, 0.4) is 0 Å². The summed E-state index contributed by atoms with van der Waals surface area (Å²) in [5.74, 6) is 0. The van der Waals surface area contributed by atoms with Gasteiger partial charge in [-0.25, -0.2) is 0 Å². The Morgan fingerprint density at radius 3 is 2.68 bits per heavy atom. The highest BCUT2D eigenvalue weighted by atomic mass is 15.2. The molecule has 1 heterocycles. The van der Waals surface area contributed by atoms with E-state index in [1.165, 1.54) is 23.2 Å². The van der Waals surface area contributed by atoms with Gasteiger partial charge in [-0.05, 0) is 42.7 Å². The highest BCUT2D eigenvalue weighted by Crippen LogP contribution is 2.23. The second kappa shape index (κ2) is 9.47. The van der Waals surface area contributed by atoms with Crippen molar-refractivity contribution in [3.63, 3.8) is 0 Å². The molecule has 2 nitrogen and oxygen atoms in total. The van der Waals surface area contributed by atoms with Gasteiger partial charge < -0.3 is 4.90 Å². The first-order valence-electron chi connectivity index (χ1n) is 8.52. The Labute approximate surface area is 137 Å². The minimum atomic E-state index is 0.995. The SMILES string of the molecule is C=CN(C)/C(=C\C)CN1CCc2c(CC)cccc2C1.CC. The lowest BCUT2D eigenvalue weighted by Gasteiger charge is -2.32. The Kier molecular flexibility index (Phi) is 7.97. The van der Waals surface area contributed by atoms with Crippen LogP contribution in [-0.2, 0) is 19.4 Å². The summed E-state index contributed by atoms with van der Waals surface area (Å²) < 4.78 is 0. The summed E-state index contributed by atoms with van der Waals surface area (Å²) in [4.78, 5) is 4.63. The van der Waals surface area contributed by atoms with E-state index in [-0.39, 0.29) is 0 Å². The lowest BCUT2D eigenvalue weighted by atomic mass is 9.93. The number of benzene rings is 1. The minimum Gasteiger partial charge on any atom is -0.354 e. The van der Waals surface area contributed by atoms with Crippen LogP contribution in [0.15, 0.2) is 42.8 Å². The first-order valence-corrected chi connectivity index (χ1v) is 8.52. The van der Waals surface area contributed by atoms with Gasteiger partial charge >= 0.3 is 0 Å². The molecule has 0 aromatic heterocycles. The Bertz CT molecular complexity index is 502. The molecule has 0 N–H and O–H groups in total. The Morgan fingerprint density at radius 2 is 2.09 bits per heavy atom. The van der Waals surface area contributed by atoms with Gasteiger partial charge in [0, 0.05) is 32.4 Å². The van der Waals surface area contributed by atoms with Crippen LogP contribution >= 0.6 is 0 Å². The molecule has 1 aromatic rings. The van der Waals surface area contributed by atoms with Crippen LogP contribution in [-0.4, -0.2) is 29.9 Å². The van der Waals surface area contributed by atoms with Crippen molar-refractivity contribution in [2.75, 3.05) is 20.1 Å². The molecule has 0 radical (unpaired) electrons. The number of allylic oxidation sites excluding steroid dienone is 1. The van der Waals surface area contributed by atoms with Crippen molar-refractivity contribution in [3.05, 3.63) is 59.4 Å². The average molecular weight is 300 g/mol. The van der Waals surface area contributed by atoms with Gasteiger partial charge in [0.25, 0.3) is 0 Å². The van der Waals surface area contributed by atoms with Crippen LogP contribution in [0, 0.1) is 0 Å². The lowest BCUT2D eigenvalue weighted by molar-refractivity contribution is 0.258. The van der Waals surface area contributed by atoms with E-state index in [2.05, 4.69) is 61.5 Å². The van der Waals surface area contributed by atoms with Gasteiger partial charge in [-0.1, -0.05) is 51.6 Å². The van der Waals surface area contributed by atoms with E-state index in [4.69, 9.17) is 0 Å². The largest absolute Gasteiger partial charge is 0.354 e. The molecular formula is C20H32N2. The number of nitrogens with zero attached hydrogens (tertiary/aromatic N) is 2. The molecular weight excluding hydrogens is 268 g/mol. The molecule has 0 amide bonds. The van der Waals surface area contributed by atoms with Crippen LogP contribution in [0.5, 0.6) is 0 Å². The molecule has 1 aliphatic rings. The maximum absolute atomic E-state index is 3.85. The number of hydrogen-bond donors (Lipinski definition) is 0. The van der Waals surface area contributed by atoms with Crippen molar-refractivity contribution >= 4 is 0 Å². The number of aryl methyl sites for hydroxylation is 1. The summed E-state index contributed by atoms with van der Waals surface area (Å²) in [5.41, 5.74) is 5.93. The molecule has 122 valence electrons. The average Bonchev–Trinajstić information content (AvgIpc) is 2.59. The van der Waals surface area contributed by atoms with E-state index >= 15 is 0 Å². The minimum absolute atomic E-state index is 0.995. The third-order valence-electron chi connectivity index (χ3n) is 4.27. The molecule has 0 fully saturated rings.